The lowest BCUT2D eigenvalue weighted by molar-refractivity contribution is -0.143. The molecular formula is C19H19N3O5S. The fraction of sp³-hybridized carbons (Fsp3) is 0.316. The smallest absolute Gasteiger partial charge is 0.256 e. The maximum absolute atomic E-state index is 12.9. The van der Waals surface area contributed by atoms with Crippen LogP contribution in [-0.2, 0) is 16.1 Å². The van der Waals surface area contributed by atoms with Crippen LogP contribution in [0.1, 0.15) is 28.7 Å². The van der Waals surface area contributed by atoms with Gasteiger partial charge in [-0.05, 0) is 32.0 Å². The number of fused-ring (bicyclic) bond motifs is 1. The van der Waals surface area contributed by atoms with Gasteiger partial charge in [0.2, 0.25) is 5.91 Å². The highest BCUT2D eigenvalue weighted by atomic mass is 32.1. The molecule has 0 saturated carbocycles. The normalized spacial score (nSPS) is 16.8. The fourth-order valence-corrected chi connectivity index (χ4v) is 3.54. The Morgan fingerprint density at radius 3 is 2.82 bits per heavy atom. The van der Waals surface area contributed by atoms with Crippen molar-refractivity contribution in [2.24, 2.45) is 5.73 Å². The van der Waals surface area contributed by atoms with Crippen LogP contribution in [0, 0.1) is 13.8 Å². The number of aryl methyl sites for hydroxylation is 2. The molecule has 146 valence electrons. The average Bonchev–Trinajstić information content (AvgIpc) is 3.20. The van der Waals surface area contributed by atoms with Gasteiger partial charge in [-0.2, -0.15) is 0 Å². The number of amides is 2. The van der Waals surface area contributed by atoms with Crippen LogP contribution >= 0.6 is 11.3 Å². The number of aromatic nitrogens is 1. The zero-order chi connectivity index (χ0) is 21.7. The van der Waals surface area contributed by atoms with Gasteiger partial charge in [0, 0.05) is 11.6 Å². The third-order valence-electron chi connectivity index (χ3n) is 4.47. The molecule has 2 amide bonds. The first-order chi connectivity index (χ1) is 14.1. The molecular weight excluding hydrogens is 382 g/mol. The number of nitrogens with zero attached hydrogens (tertiary/aromatic N) is 1. The van der Waals surface area contributed by atoms with Gasteiger partial charge in [-0.15, -0.1) is 11.3 Å². The Labute approximate surface area is 167 Å². The molecule has 4 rings (SSSR count). The summed E-state index contributed by atoms with van der Waals surface area (Å²) in [5, 5.41) is 3.79. The van der Waals surface area contributed by atoms with Crippen LogP contribution in [-0.4, -0.2) is 35.6 Å². The van der Waals surface area contributed by atoms with Gasteiger partial charge in [-0.3, -0.25) is 9.59 Å². The van der Waals surface area contributed by atoms with Gasteiger partial charge in [0.25, 0.3) is 5.91 Å². The molecule has 3 N–H and O–H groups in total. The summed E-state index contributed by atoms with van der Waals surface area (Å²) in [5.41, 5.74) is 4.81. The minimum atomic E-state index is -2.10. The number of benzene rings is 1. The van der Waals surface area contributed by atoms with Gasteiger partial charge >= 0.3 is 0 Å². The predicted octanol–water partition coefficient (Wildman–Crippen LogP) is 2.07. The SMILES string of the molecule is [2H]C([2H])(Oc1ccc2oc(C)c(C(=O)NC3(C(N)=O)COC3)c2c1)c1cnc(C)s1. The highest BCUT2D eigenvalue weighted by Gasteiger charge is 2.46. The van der Waals surface area contributed by atoms with Gasteiger partial charge < -0.3 is 24.9 Å². The average molecular weight is 403 g/mol. The van der Waals surface area contributed by atoms with Crippen molar-refractivity contribution in [3.05, 3.63) is 45.6 Å². The summed E-state index contributed by atoms with van der Waals surface area (Å²) in [7, 11) is 0. The zero-order valence-corrected chi connectivity index (χ0v) is 16.0. The van der Waals surface area contributed by atoms with Crippen molar-refractivity contribution in [2.45, 2.75) is 25.9 Å². The topological polar surface area (TPSA) is 117 Å². The molecule has 3 heterocycles. The van der Waals surface area contributed by atoms with E-state index in [9.17, 15) is 9.59 Å². The van der Waals surface area contributed by atoms with Gasteiger partial charge in [0.05, 0.1) is 31.4 Å². The summed E-state index contributed by atoms with van der Waals surface area (Å²) >= 11 is 1.20. The maximum atomic E-state index is 12.9. The molecule has 3 aromatic rings. The number of furan rings is 1. The quantitative estimate of drug-likeness (QED) is 0.651. The van der Waals surface area contributed by atoms with E-state index in [0.717, 1.165) is 5.01 Å². The molecule has 0 bridgehead atoms. The minimum Gasteiger partial charge on any atom is -0.488 e. The van der Waals surface area contributed by atoms with Crippen molar-refractivity contribution in [1.29, 1.82) is 0 Å². The van der Waals surface area contributed by atoms with Gasteiger partial charge in [-0.1, -0.05) is 0 Å². The molecule has 9 heteroatoms. The van der Waals surface area contributed by atoms with E-state index in [1.165, 1.54) is 23.6 Å². The monoisotopic (exact) mass is 403 g/mol. The summed E-state index contributed by atoms with van der Waals surface area (Å²) in [6.07, 6.45) is 1.43. The van der Waals surface area contributed by atoms with E-state index < -0.39 is 23.9 Å². The van der Waals surface area contributed by atoms with Crippen LogP contribution in [0.3, 0.4) is 0 Å². The standard InChI is InChI=1S/C19H19N3O5S/c1-10-16(17(23)22-19(18(20)24)8-25-9-19)14-5-12(3-4-15(14)27-10)26-7-13-6-21-11(2)28-13/h3-6H,7-9H2,1-2H3,(H2,20,24)(H,22,23)/i7D2. The van der Waals surface area contributed by atoms with Crippen LogP contribution in [0.15, 0.2) is 28.8 Å². The number of thiazole rings is 1. The van der Waals surface area contributed by atoms with Gasteiger partial charge in [0.1, 0.15) is 23.7 Å². The number of hydrogen-bond acceptors (Lipinski definition) is 7. The van der Waals surface area contributed by atoms with E-state index >= 15 is 0 Å². The van der Waals surface area contributed by atoms with Crippen molar-refractivity contribution in [2.75, 3.05) is 13.2 Å². The Balaban J connectivity index is 1.66. The largest absolute Gasteiger partial charge is 0.488 e. The third-order valence-corrected chi connectivity index (χ3v) is 5.28. The Bertz CT molecular complexity index is 1150. The van der Waals surface area contributed by atoms with Crippen LogP contribution < -0.4 is 15.8 Å². The molecule has 1 aliphatic rings. The molecule has 0 radical (unpaired) electrons. The molecule has 28 heavy (non-hydrogen) atoms. The van der Waals surface area contributed by atoms with E-state index in [-0.39, 0.29) is 24.5 Å². The molecule has 2 aromatic heterocycles. The van der Waals surface area contributed by atoms with E-state index in [2.05, 4.69) is 10.3 Å². The highest BCUT2D eigenvalue weighted by molar-refractivity contribution is 7.11. The molecule has 1 fully saturated rings. The summed E-state index contributed by atoms with van der Waals surface area (Å²) in [6, 6.07) is 4.68. The first-order valence-electron chi connectivity index (χ1n) is 9.46. The number of nitrogens with two attached hydrogens (primary N) is 1. The van der Waals surface area contributed by atoms with Gasteiger partial charge in [0.15, 0.2) is 5.54 Å². The van der Waals surface area contributed by atoms with E-state index in [4.69, 9.17) is 22.4 Å². The zero-order valence-electron chi connectivity index (χ0n) is 17.2. The maximum Gasteiger partial charge on any atom is 0.256 e. The minimum absolute atomic E-state index is 0.00569. The third kappa shape index (κ3) is 3.23. The summed E-state index contributed by atoms with van der Waals surface area (Å²) in [5.74, 6) is -0.651. The molecule has 0 atom stereocenters. The number of nitrogens with one attached hydrogen (secondary N) is 1. The lowest BCUT2D eigenvalue weighted by atomic mass is 9.95. The Kier molecular flexibility index (Phi) is 3.97. The Morgan fingerprint density at radius 2 is 2.21 bits per heavy atom. The second-order valence-electron chi connectivity index (χ2n) is 6.53. The molecule has 0 aliphatic carbocycles. The van der Waals surface area contributed by atoms with Crippen molar-refractivity contribution in [3.63, 3.8) is 0 Å². The number of ether oxygens (including phenoxy) is 2. The summed E-state index contributed by atoms with van der Waals surface area (Å²) < 4.78 is 32.7. The number of carbonyl (C=O) groups excluding carboxylic acids is 2. The summed E-state index contributed by atoms with van der Waals surface area (Å²) in [4.78, 5) is 29.0. The van der Waals surface area contributed by atoms with Crippen molar-refractivity contribution >= 4 is 34.1 Å². The van der Waals surface area contributed by atoms with Crippen LogP contribution in [0.5, 0.6) is 5.75 Å². The Morgan fingerprint density at radius 1 is 1.43 bits per heavy atom. The van der Waals surface area contributed by atoms with Crippen molar-refractivity contribution < 1.29 is 26.2 Å². The lowest BCUT2D eigenvalue weighted by Crippen LogP contribution is -2.69. The van der Waals surface area contributed by atoms with Crippen molar-refractivity contribution in [1.82, 2.24) is 10.3 Å². The second-order valence-corrected chi connectivity index (χ2v) is 7.77. The highest BCUT2D eigenvalue weighted by Crippen LogP contribution is 2.30. The number of rotatable bonds is 6. The number of hydrogen-bond donors (Lipinski definition) is 2. The number of carbonyl (C=O) groups is 2. The molecule has 8 nitrogen and oxygen atoms in total. The van der Waals surface area contributed by atoms with Crippen molar-refractivity contribution in [3.8, 4) is 5.75 Å². The first-order valence-corrected chi connectivity index (χ1v) is 9.28. The summed E-state index contributed by atoms with van der Waals surface area (Å²) in [6.45, 7) is 1.32. The lowest BCUT2D eigenvalue weighted by Gasteiger charge is -2.38. The molecule has 1 aliphatic heterocycles. The van der Waals surface area contributed by atoms with Crippen LogP contribution in [0.4, 0.5) is 0 Å². The predicted molar refractivity (Wildman–Crippen MR) is 102 cm³/mol. The molecule has 0 unspecified atom stereocenters. The molecule has 0 spiro atoms. The van der Waals surface area contributed by atoms with Gasteiger partial charge in [-0.25, -0.2) is 4.98 Å². The van der Waals surface area contributed by atoms with E-state index in [0.29, 0.717) is 21.6 Å². The first kappa shape index (κ1) is 16.1. The number of primary amides is 1. The molecule has 1 aromatic carbocycles. The van der Waals surface area contributed by atoms with E-state index in [1.54, 1.807) is 26.0 Å². The second kappa shape index (κ2) is 6.92. The Hall–Kier alpha value is -2.91. The molecule has 1 saturated heterocycles. The van der Waals surface area contributed by atoms with Crippen LogP contribution in [0.25, 0.3) is 11.0 Å². The van der Waals surface area contributed by atoms with E-state index in [1.807, 2.05) is 0 Å². The fourth-order valence-electron chi connectivity index (χ4n) is 2.92. The van der Waals surface area contributed by atoms with Crippen LogP contribution in [0.2, 0.25) is 0 Å².